The van der Waals surface area contributed by atoms with Crippen LogP contribution in [-0.4, -0.2) is 23.5 Å². The van der Waals surface area contributed by atoms with E-state index < -0.39 is 0 Å². The highest BCUT2D eigenvalue weighted by Gasteiger charge is 2.11. The molecule has 0 radical (unpaired) electrons. The van der Waals surface area contributed by atoms with Crippen LogP contribution in [0.25, 0.3) is 0 Å². The first-order valence-electron chi connectivity index (χ1n) is 7.15. The van der Waals surface area contributed by atoms with Crippen molar-refractivity contribution in [2.45, 2.75) is 20.3 Å². The lowest BCUT2D eigenvalue weighted by Gasteiger charge is -2.22. The lowest BCUT2D eigenvalue weighted by Crippen LogP contribution is -2.28. The average molecular weight is 298 g/mol. The van der Waals surface area contributed by atoms with Crippen LogP contribution in [0.5, 0.6) is 0 Å². The van der Waals surface area contributed by atoms with Gasteiger partial charge in [0.25, 0.3) is 0 Å². The Balaban J connectivity index is 2.07. The summed E-state index contributed by atoms with van der Waals surface area (Å²) in [5.41, 5.74) is 11.4. The molecule has 0 aliphatic carbocycles. The van der Waals surface area contributed by atoms with Gasteiger partial charge in [-0.2, -0.15) is 0 Å². The fourth-order valence-electron chi connectivity index (χ4n) is 2.32. The van der Waals surface area contributed by atoms with Crippen LogP contribution in [0.4, 0.5) is 5.69 Å². The largest absolute Gasteiger partial charge is 0.399 e. The Hall–Kier alpha value is -1.87. The normalized spacial score (nSPS) is 10.4. The second-order valence-corrected chi connectivity index (χ2v) is 5.87. The van der Waals surface area contributed by atoms with Crippen LogP contribution in [0.3, 0.4) is 0 Å². The molecule has 3 heteroatoms. The van der Waals surface area contributed by atoms with Crippen molar-refractivity contribution in [2.24, 2.45) is 0 Å². The summed E-state index contributed by atoms with van der Waals surface area (Å²) in [4.78, 5) is 3.02. The van der Waals surface area contributed by atoms with Crippen molar-refractivity contribution in [3.63, 3.8) is 0 Å². The number of nitrogens with two attached hydrogens (primary N) is 1. The quantitative estimate of drug-likeness (QED) is 0.689. The van der Waals surface area contributed by atoms with Gasteiger partial charge in [-0.15, -0.1) is 0 Å². The minimum atomic E-state index is 0.825. The second-order valence-electron chi connectivity index (χ2n) is 5.49. The minimum Gasteiger partial charge on any atom is -0.399 e. The van der Waals surface area contributed by atoms with Crippen molar-refractivity contribution < 1.29 is 0 Å². The first kappa shape index (κ1) is 15.5. The predicted molar refractivity (Wildman–Crippen MR) is 94.8 cm³/mol. The van der Waals surface area contributed by atoms with Crippen molar-refractivity contribution in [2.75, 3.05) is 19.3 Å². The molecular weight excluding hydrogens is 276 g/mol. The van der Waals surface area contributed by atoms with Crippen LogP contribution in [0.2, 0.25) is 0 Å². The molecule has 0 heterocycles. The number of thiocarbonyl (C=S) groups is 1. The molecule has 2 aromatic carbocycles. The molecule has 2 rings (SSSR count). The van der Waals surface area contributed by atoms with Crippen LogP contribution >= 0.6 is 12.2 Å². The van der Waals surface area contributed by atoms with Gasteiger partial charge in [0, 0.05) is 24.8 Å². The van der Waals surface area contributed by atoms with Gasteiger partial charge in [-0.25, -0.2) is 0 Å². The number of hydrogen-bond donors (Lipinski definition) is 1. The molecule has 0 fully saturated rings. The zero-order valence-electron chi connectivity index (χ0n) is 12.9. The number of nitrogen functional groups attached to an aromatic ring is 1. The first-order valence-corrected chi connectivity index (χ1v) is 7.56. The molecule has 0 aliphatic rings. The lowest BCUT2D eigenvalue weighted by molar-refractivity contribution is 0.517. The summed E-state index contributed by atoms with van der Waals surface area (Å²) < 4.78 is 0. The van der Waals surface area contributed by atoms with Crippen LogP contribution in [0.15, 0.2) is 42.5 Å². The molecule has 2 nitrogen and oxygen atoms in total. The summed E-state index contributed by atoms with van der Waals surface area (Å²) in [5, 5.41) is 0. The Labute approximate surface area is 132 Å². The topological polar surface area (TPSA) is 29.3 Å². The van der Waals surface area contributed by atoms with E-state index >= 15 is 0 Å². The van der Waals surface area contributed by atoms with Crippen LogP contribution in [-0.2, 0) is 6.42 Å². The van der Waals surface area contributed by atoms with E-state index in [0.717, 1.165) is 40.3 Å². The van der Waals surface area contributed by atoms with E-state index in [-0.39, 0.29) is 0 Å². The Morgan fingerprint density at radius 2 is 1.76 bits per heavy atom. The monoisotopic (exact) mass is 298 g/mol. The number of benzene rings is 2. The molecule has 0 aromatic heterocycles. The summed E-state index contributed by atoms with van der Waals surface area (Å²) in [5.74, 6) is 0. The van der Waals surface area contributed by atoms with Gasteiger partial charge < -0.3 is 10.6 Å². The Morgan fingerprint density at radius 1 is 1.10 bits per heavy atom. The number of hydrogen-bond acceptors (Lipinski definition) is 2. The first-order chi connectivity index (χ1) is 9.99. The van der Waals surface area contributed by atoms with E-state index in [9.17, 15) is 0 Å². The standard InChI is InChI=1S/C18H22N2S/c1-13-12-17(19)14(2)11-16(13)18(21)20(3)10-9-15-7-5-4-6-8-15/h4-8,11-12H,9-10,19H2,1-3H3. The smallest absolute Gasteiger partial charge is 0.109 e. The fourth-order valence-corrected chi connectivity index (χ4v) is 2.63. The highest BCUT2D eigenvalue weighted by atomic mass is 32.1. The van der Waals surface area contributed by atoms with E-state index in [1.165, 1.54) is 5.56 Å². The van der Waals surface area contributed by atoms with Gasteiger partial charge in [0.15, 0.2) is 0 Å². The summed E-state index contributed by atoms with van der Waals surface area (Å²) in [6.45, 7) is 4.99. The van der Waals surface area contributed by atoms with Gasteiger partial charge in [0.2, 0.25) is 0 Å². The van der Waals surface area contributed by atoms with E-state index in [0.29, 0.717) is 0 Å². The summed E-state index contributed by atoms with van der Waals surface area (Å²) in [6, 6.07) is 14.6. The molecule has 0 unspecified atom stereocenters. The van der Waals surface area contributed by atoms with Gasteiger partial charge in [-0.1, -0.05) is 42.5 Å². The molecule has 0 spiro atoms. The summed E-state index contributed by atoms with van der Waals surface area (Å²) >= 11 is 5.63. The number of nitrogens with zero attached hydrogens (tertiary/aromatic N) is 1. The van der Waals surface area contributed by atoms with E-state index in [1.54, 1.807) is 0 Å². The molecule has 0 bridgehead atoms. The molecule has 0 atom stereocenters. The van der Waals surface area contributed by atoms with E-state index in [4.69, 9.17) is 18.0 Å². The maximum Gasteiger partial charge on any atom is 0.109 e. The Morgan fingerprint density at radius 3 is 2.43 bits per heavy atom. The van der Waals surface area contributed by atoms with Gasteiger partial charge in [-0.05, 0) is 49.1 Å². The van der Waals surface area contributed by atoms with Crippen molar-refractivity contribution in [3.8, 4) is 0 Å². The number of rotatable bonds is 4. The molecule has 0 aliphatic heterocycles. The third kappa shape index (κ3) is 3.82. The molecule has 0 amide bonds. The van der Waals surface area contributed by atoms with Crippen molar-refractivity contribution in [3.05, 3.63) is 64.7 Å². The van der Waals surface area contributed by atoms with Crippen molar-refractivity contribution >= 4 is 22.9 Å². The molecule has 0 saturated carbocycles. The van der Waals surface area contributed by atoms with Crippen molar-refractivity contribution in [1.82, 2.24) is 4.90 Å². The molecule has 2 aromatic rings. The van der Waals surface area contributed by atoms with Crippen LogP contribution in [0.1, 0.15) is 22.3 Å². The third-order valence-corrected chi connectivity index (χ3v) is 4.30. The van der Waals surface area contributed by atoms with Gasteiger partial charge in [0.1, 0.15) is 4.99 Å². The highest BCUT2D eigenvalue weighted by molar-refractivity contribution is 7.80. The molecule has 0 saturated heterocycles. The van der Waals surface area contributed by atoms with E-state index in [2.05, 4.69) is 49.2 Å². The Bertz CT molecular complexity index is 635. The minimum absolute atomic E-state index is 0.825. The zero-order valence-corrected chi connectivity index (χ0v) is 13.7. The maximum atomic E-state index is 5.94. The van der Waals surface area contributed by atoms with E-state index in [1.807, 2.05) is 19.1 Å². The number of likely N-dealkylation sites (N-methyl/N-ethyl adjacent to an activating group) is 1. The lowest BCUT2D eigenvalue weighted by atomic mass is 10.0. The summed E-state index contributed by atoms with van der Waals surface area (Å²) in [6.07, 6.45) is 0.991. The molecule has 21 heavy (non-hydrogen) atoms. The van der Waals surface area contributed by atoms with Gasteiger partial charge in [-0.3, -0.25) is 0 Å². The number of aryl methyl sites for hydroxylation is 2. The van der Waals surface area contributed by atoms with Gasteiger partial charge in [0.05, 0.1) is 0 Å². The maximum absolute atomic E-state index is 5.94. The highest BCUT2D eigenvalue weighted by Crippen LogP contribution is 2.19. The Kier molecular flexibility index (Phi) is 4.97. The van der Waals surface area contributed by atoms with Crippen LogP contribution < -0.4 is 5.73 Å². The number of anilines is 1. The molecular formula is C18H22N2S. The summed E-state index contributed by atoms with van der Waals surface area (Å²) in [7, 11) is 2.05. The SMILES string of the molecule is Cc1cc(C(=S)N(C)CCc2ccccc2)c(C)cc1N. The van der Waals surface area contributed by atoms with Crippen molar-refractivity contribution in [1.29, 1.82) is 0 Å². The van der Waals surface area contributed by atoms with Gasteiger partial charge >= 0.3 is 0 Å². The molecule has 110 valence electrons. The zero-order chi connectivity index (χ0) is 15.4. The van der Waals surface area contributed by atoms with Crippen LogP contribution in [0, 0.1) is 13.8 Å². The third-order valence-electron chi connectivity index (χ3n) is 3.77. The molecule has 2 N–H and O–H groups in total. The fraction of sp³-hybridized carbons (Fsp3) is 0.278. The second kappa shape index (κ2) is 6.72. The average Bonchev–Trinajstić information content (AvgIpc) is 2.49. The predicted octanol–water partition coefficient (Wildman–Crippen LogP) is 3.74.